The molecule has 1 aliphatic heterocycles. The largest absolute Gasteiger partial charge is 0.350 e. The SMILES string of the molecule is CCCC[C@@H](CC)[C@@H]1OC[C@H](CCl)O1. The van der Waals surface area contributed by atoms with Crippen molar-refractivity contribution in [1.82, 2.24) is 0 Å². The van der Waals surface area contributed by atoms with Gasteiger partial charge in [-0.25, -0.2) is 0 Å². The summed E-state index contributed by atoms with van der Waals surface area (Å²) in [5, 5.41) is 0. The van der Waals surface area contributed by atoms with E-state index in [-0.39, 0.29) is 12.4 Å². The van der Waals surface area contributed by atoms with E-state index in [1.165, 1.54) is 19.3 Å². The minimum atomic E-state index is -0.00435. The summed E-state index contributed by atoms with van der Waals surface area (Å²) in [5.74, 6) is 1.09. The molecule has 1 aliphatic rings. The first kappa shape index (κ1) is 12.3. The Labute approximate surface area is 91.9 Å². The number of hydrogen-bond acceptors (Lipinski definition) is 2. The van der Waals surface area contributed by atoms with Crippen LogP contribution in [0.25, 0.3) is 0 Å². The highest BCUT2D eigenvalue weighted by molar-refractivity contribution is 6.18. The van der Waals surface area contributed by atoms with Gasteiger partial charge in [-0.2, -0.15) is 0 Å². The average molecular weight is 221 g/mol. The minimum Gasteiger partial charge on any atom is -0.350 e. The van der Waals surface area contributed by atoms with Crippen LogP contribution in [-0.4, -0.2) is 24.9 Å². The molecule has 0 unspecified atom stereocenters. The van der Waals surface area contributed by atoms with Crippen molar-refractivity contribution in [3.8, 4) is 0 Å². The number of unbranched alkanes of at least 4 members (excludes halogenated alkanes) is 1. The van der Waals surface area contributed by atoms with Crippen molar-refractivity contribution < 1.29 is 9.47 Å². The van der Waals surface area contributed by atoms with Crippen LogP contribution in [0, 0.1) is 5.92 Å². The Morgan fingerprint density at radius 1 is 1.43 bits per heavy atom. The molecule has 3 heteroatoms. The topological polar surface area (TPSA) is 18.5 Å². The molecule has 1 saturated heterocycles. The zero-order chi connectivity index (χ0) is 10.4. The van der Waals surface area contributed by atoms with E-state index in [9.17, 15) is 0 Å². The lowest BCUT2D eigenvalue weighted by Gasteiger charge is -2.20. The fraction of sp³-hybridized carbons (Fsp3) is 1.00. The van der Waals surface area contributed by atoms with E-state index in [1.807, 2.05) is 0 Å². The van der Waals surface area contributed by atoms with Gasteiger partial charge >= 0.3 is 0 Å². The quantitative estimate of drug-likeness (QED) is 0.641. The van der Waals surface area contributed by atoms with E-state index < -0.39 is 0 Å². The number of hydrogen-bond donors (Lipinski definition) is 0. The first-order valence-corrected chi connectivity index (χ1v) is 6.18. The highest BCUT2D eigenvalue weighted by Crippen LogP contribution is 2.26. The Morgan fingerprint density at radius 2 is 2.21 bits per heavy atom. The third-order valence-electron chi connectivity index (χ3n) is 2.78. The van der Waals surface area contributed by atoms with Crippen LogP contribution in [0.4, 0.5) is 0 Å². The van der Waals surface area contributed by atoms with Crippen molar-refractivity contribution >= 4 is 11.6 Å². The van der Waals surface area contributed by atoms with Gasteiger partial charge in [0.2, 0.25) is 0 Å². The van der Waals surface area contributed by atoms with Gasteiger partial charge in [0.25, 0.3) is 0 Å². The molecule has 0 aromatic rings. The minimum absolute atomic E-state index is 0.00435. The monoisotopic (exact) mass is 220 g/mol. The summed E-state index contributed by atoms with van der Waals surface area (Å²) < 4.78 is 11.3. The van der Waals surface area contributed by atoms with E-state index in [1.54, 1.807) is 0 Å². The van der Waals surface area contributed by atoms with Gasteiger partial charge in [-0.1, -0.05) is 26.7 Å². The second-order valence-electron chi connectivity index (χ2n) is 3.92. The Bertz CT molecular complexity index is 152. The maximum Gasteiger partial charge on any atom is 0.161 e. The van der Waals surface area contributed by atoms with Crippen LogP contribution in [0.2, 0.25) is 0 Å². The fourth-order valence-electron chi connectivity index (χ4n) is 1.80. The summed E-state index contributed by atoms with van der Waals surface area (Å²) in [5.41, 5.74) is 0. The van der Waals surface area contributed by atoms with E-state index in [0.717, 1.165) is 6.42 Å². The Hall–Kier alpha value is 0.210. The van der Waals surface area contributed by atoms with Crippen molar-refractivity contribution in [2.75, 3.05) is 12.5 Å². The molecule has 0 aromatic heterocycles. The van der Waals surface area contributed by atoms with Gasteiger partial charge < -0.3 is 9.47 Å². The maximum atomic E-state index is 5.72. The van der Waals surface area contributed by atoms with Crippen LogP contribution in [0.15, 0.2) is 0 Å². The zero-order valence-corrected chi connectivity index (χ0v) is 9.93. The van der Waals surface area contributed by atoms with Crippen molar-refractivity contribution in [3.63, 3.8) is 0 Å². The van der Waals surface area contributed by atoms with E-state index in [4.69, 9.17) is 21.1 Å². The first-order chi connectivity index (χ1) is 6.81. The van der Waals surface area contributed by atoms with E-state index >= 15 is 0 Å². The fourth-order valence-corrected chi connectivity index (χ4v) is 1.96. The van der Waals surface area contributed by atoms with Crippen LogP contribution in [-0.2, 0) is 9.47 Å². The molecule has 1 rings (SSSR count). The summed E-state index contributed by atoms with van der Waals surface area (Å²) in [6, 6.07) is 0. The van der Waals surface area contributed by atoms with E-state index in [0.29, 0.717) is 18.4 Å². The second kappa shape index (κ2) is 6.65. The summed E-state index contributed by atoms with van der Waals surface area (Å²) in [4.78, 5) is 0. The molecule has 0 N–H and O–H groups in total. The lowest BCUT2D eigenvalue weighted by atomic mass is 9.99. The van der Waals surface area contributed by atoms with Crippen molar-refractivity contribution in [1.29, 1.82) is 0 Å². The van der Waals surface area contributed by atoms with Gasteiger partial charge in [0, 0.05) is 5.92 Å². The van der Waals surface area contributed by atoms with Crippen LogP contribution in [0.1, 0.15) is 39.5 Å². The van der Waals surface area contributed by atoms with E-state index in [2.05, 4.69) is 13.8 Å². The molecule has 14 heavy (non-hydrogen) atoms. The first-order valence-electron chi connectivity index (χ1n) is 5.64. The standard InChI is InChI=1S/C11H21ClO2/c1-3-5-6-9(4-2)11-13-8-10(7-12)14-11/h9-11H,3-8H2,1-2H3/t9-,10+,11-/m1/s1. The predicted molar refractivity (Wildman–Crippen MR) is 58.6 cm³/mol. The highest BCUT2D eigenvalue weighted by Gasteiger charge is 2.30. The number of alkyl halides is 1. The molecular formula is C11H21ClO2. The number of halogens is 1. The van der Waals surface area contributed by atoms with Crippen molar-refractivity contribution in [2.24, 2.45) is 5.92 Å². The molecule has 2 nitrogen and oxygen atoms in total. The average Bonchev–Trinajstić information content (AvgIpc) is 2.68. The summed E-state index contributed by atoms with van der Waals surface area (Å²) >= 11 is 5.72. The predicted octanol–water partition coefficient (Wildman–Crippen LogP) is 3.18. The Balaban J connectivity index is 2.30. The third-order valence-corrected chi connectivity index (χ3v) is 3.13. The zero-order valence-electron chi connectivity index (χ0n) is 9.17. The molecule has 3 atom stereocenters. The van der Waals surface area contributed by atoms with Crippen LogP contribution in [0.3, 0.4) is 0 Å². The van der Waals surface area contributed by atoms with Gasteiger partial charge in [-0.15, -0.1) is 11.6 Å². The van der Waals surface area contributed by atoms with Crippen molar-refractivity contribution in [3.05, 3.63) is 0 Å². The third kappa shape index (κ3) is 3.41. The molecule has 1 heterocycles. The lowest BCUT2D eigenvalue weighted by Crippen LogP contribution is -2.22. The second-order valence-corrected chi connectivity index (χ2v) is 4.23. The maximum absolute atomic E-state index is 5.72. The molecular weight excluding hydrogens is 200 g/mol. The van der Waals surface area contributed by atoms with Crippen LogP contribution < -0.4 is 0 Å². The molecule has 1 fully saturated rings. The normalized spacial score (nSPS) is 29.4. The van der Waals surface area contributed by atoms with Crippen LogP contribution in [0.5, 0.6) is 0 Å². The summed E-state index contributed by atoms with van der Waals surface area (Å²) in [6.07, 6.45) is 4.93. The molecule has 0 spiro atoms. The molecule has 0 aromatic carbocycles. The van der Waals surface area contributed by atoms with Gasteiger partial charge in [-0.05, 0) is 12.8 Å². The summed E-state index contributed by atoms with van der Waals surface area (Å²) in [6.45, 7) is 5.07. The molecule has 0 amide bonds. The molecule has 0 radical (unpaired) electrons. The Morgan fingerprint density at radius 3 is 2.71 bits per heavy atom. The molecule has 0 bridgehead atoms. The summed E-state index contributed by atoms with van der Waals surface area (Å²) in [7, 11) is 0. The van der Waals surface area contributed by atoms with Gasteiger partial charge in [0.05, 0.1) is 18.6 Å². The number of rotatable bonds is 6. The van der Waals surface area contributed by atoms with Crippen molar-refractivity contribution in [2.45, 2.75) is 51.9 Å². The highest BCUT2D eigenvalue weighted by atomic mass is 35.5. The molecule has 0 aliphatic carbocycles. The van der Waals surface area contributed by atoms with Gasteiger partial charge in [0.15, 0.2) is 6.29 Å². The molecule has 0 saturated carbocycles. The van der Waals surface area contributed by atoms with Gasteiger partial charge in [-0.3, -0.25) is 0 Å². The lowest BCUT2D eigenvalue weighted by molar-refractivity contribution is -0.0969. The molecule has 84 valence electrons. The smallest absolute Gasteiger partial charge is 0.161 e. The number of ether oxygens (including phenoxy) is 2. The Kier molecular flexibility index (Phi) is 5.83. The van der Waals surface area contributed by atoms with Crippen LogP contribution >= 0.6 is 11.6 Å². The van der Waals surface area contributed by atoms with Gasteiger partial charge in [0.1, 0.15) is 0 Å².